The van der Waals surface area contributed by atoms with Crippen LogP contribution in [-0.2, 0) is 4.79 Å². The Hall–Kier alpha value is -1.55. The molecule has 1 saturated heterocycles. The van der Waals surface area contributed by atoms with E-state index in [2.05, 4.69) is 17.6 Å². The third-order valence-electron chi connectivity index (χ3n) is 3.90. The lowest BCUT2D eigenvalue weighted by molar-refractivity contribution is -0.126. The van der Waals surface area contributed by atoms with Crippen LogP contribution in [0.2, 0.25) is 0 Å². The van der Waals surface area contributed by atoms with Crippen molar-refractivity contribution in [2.45, 2.75) is 45.7 Å². The van der Waals surface area contributed by atoms with Gasteiger partial charge >= 0.3 is 0 Å². The first kappa shape index (κ1) is 15.8. The Labute approximate surface area is 127 Å². The molecule has 116 valence electrons. The van der Waals surface area contributed by atoms with Crippen molar-refractivity contribution in [1.82, 2.24) is 10.6 Å². The molecule has 0 saturated carbocycles. The smallest absolute Gasteiger partial charge is 0.223 e. The largest absolute Gasteiger partial charge is 0.491 e. The number of piperidine rings is 1. The highest BCUT2D eigenvalue weighted by Crippen LogP contribution is 2.16. The fraction of sp³-hybridized carbons (Fsp3) is 0.588. The molecule has 1 amide bonds. The second-order valence-corrected chi connectivity index (χ2v) is 6.11. The number of ether oxygens (including phenoxy) is 1. The van der Waals surface area contributed by atoms with Crippen molar-refractivity contribution in [3.8, 4) is 5.75 Å². The zero-order valence-electron chi connectivity index (χ0n) is 13.2. The number of benzene rings is 1. The first-order valence-electron chi connectivity index (χ1n) is 7.78. The van der Waals surface area contributed by atoms with Crippen LogP contribution in [-0.4, -0.2) is 31.1 Å². The maximum absolute atomic E-state index is 12.2. The van der Waals surface area contributed by atoms with Gasteiger partial charge in [0.15, 0.2) is 0 Å². The minimum Gasteiger partial charge on any atom is -0.491 e. The van der Waals surface area contributed by atoms with Crippen LogP contribution >= 0.6 is 0 Å². The summed E-state index contributed by atoms with van der Waals surface area (Å²) in [5.74, 6) is 1.13. The van der Waals surface area contributed by atoms with Crippen molar-refractivity contribution < 1.29 is 9.53 Å². The van der Waals surface area contributed by atoms with Gasteiger partial charge < -0.3 is 15.4 Å². The van der Waals surface area contributed by atoms with Crippen molar-refractivity contribution in [3.05, 3.63) is 29.8 Å². The lowest BCUT2D eigenvalue weighted by atomic mass is 9.92. The summed E-state index contributed by atoms with van der Waals surface area (Å²) in [4.78, 5) is 12.2. The third-order valence-corrected chi connectivity index (χ3v) is 3.90. The zero-order chi connectivity index (χ0) is 15.2. The molecule has 3 unspecified atom stereocenters. The van der Waals surface area contributed by atoms with Crippen molar-refractivity contribution in [1.29, 1.82) is 0 Å². The Morgan fingerprint density at radius 3 is 2.81 bits per heavy atom. The second-order valence-electron chi connectivity index (χ2n) is 6.11. The van der Waals surface area contributed by atoms with Crippen LogP contribution in [0.15, 0.2) is 24.3 Å². The molecule has 0 bridgehead atoms. The standard InChI is InChI=1S/C17H26N2O2/c1-12-4-6-16(7-5-12)21-11-14(3)19-17(20)15-8-9-18-13(2)10-15/h4-7,13-15,18H,8-11H2,1-3H3,(H,19,20). The normalized spacial score (nSPS) is 23.4. The van der Waals surface area contributed by atoms with Crippen molar-refractivity contribution in [2.24, 2.45) is 5.92 Å². The monoisotopic (exact) mass is 290 g/mol. The Morgan fingerprint density at radius 2 is 2.14 bits per heavy atom. The summed E-state index contributed by atoms with van der Waals surface area (Å²) < 4.78 is 5.71. The van der Waals surface area contributed by atoms with E-state index in [1.54, 1.807) is 0 Å². The van der Waals surface area contributed by atoms with Gasteiger partial charge in [-0.25, -0.2) is 0 Å². The van der Waals surface area contributed by atoms with E-state index in [0.29, 0.717) is 12.6 Å². The van der Waals surface area contributed by atoms with Crippen LogP contribution < -0.4 is 15.4 Å². The van der Waals surface area contributed by atoms with Crippen LogP contribution in [0.25, 0.3) is 0 Å². The molecule has 4 heteroatoms. The van der Waals surface area contributed by atoms with E-state index in [1.807, 2.05) is 38.1 Å². The van der Waals surface area contributed by atoms with Crippen LogP contribution in [0.1, 0.15) is 32.3 Å². The van der Waals surface area contributed by atoms with E-state index in [1.165, 1.54) is 5.56 Å². The molecule has 0 spiro atoms. The van der Waals surface area contributed by atoms with E-state index in [9.17, 15) is 4.79 Å². The maximum atomic E-state index is 12.2. The Bertz CT molecular complexity index is 458. The summed E-state index contributed by atoms with van der Waals surface area (Å²) in [6, 6.07) is 8.40. The summed E-state index contributed by atoms with van der Waals surface area (Å²) in [5, 5.41) is 6.43. The number of hydrogen-bond acceptors (Lipinski definition) is 3. The van der Waals surface area contributed by atoms with Crippen LogP contribution in [0.5, 0.6) is 5.75 Å². The van der Waals surface area contributed by atoms with Crippen molar-refractivity contribution >= 4 is 5.91 Å². The van der Waals surface area contributed by atoms with Crippen molar-refractivity contribution in [2.75, 3.05) is 13.2 Å². The molecule has 1 aliphatic heterocycles. The molecule has 1 fully saturated rings. The van der Waals surface area contributed by atoms with E-state index in [4.69, 9.17) is 4.74 Å². The average Bonchev–Trinajstić information content (AvgIpc) is 2.46. The molecule has 2 rings (SSSR count). The van der Waals surface area contributed by atoms with E-state index < -0.39 is 0 Å². The molecule has 1 aromatic rings. The van der Waals surface area contributed by atoms with E-state index in [-0.39, 0.29) is 17.9 Å². The van der Waals surface area contributed by atoms with E-state index >= 15 is 0 Å². The maximum Gasteiger partial charge on any atom is 0.223 e. The lowest BCUT2D eigenvalue weighted by Crippen LogP contribution is -2.45. The third kappa shape index (κ3) is 5.05. The van der Waals surface area contributed by atoms with Gasteiger partial charge in [0.05, 0.1) is 6.04 Å². The molecule has 21 heavy (non-hydrogen) atoms. The number of nitrogens with one attached hydrogen (secondary N) is 2. The molecular formula is C17H26N2O2. The van der Waals surface area contributed by atoms with Crippen molar-refractivity contribution in [3.63, 3.8) is 0 Å². The number of carbonyl (C=O) groups is 1. The number of aryl methyl sites for hydroxylation is 1. The quantitative estimate of drug-likeness (QED) is 0.874. The summed E-state index contributed by atoms with van der Waals surface area (Å²) >= 11 is 0. The van der Waals surface area contributed by atoms with Gasteiger partial charge in [0.1, 0.15) is 12.4 Å². The number of rotatable bonds is 5. The lowest BCUT2D eigenvalue weighted by Gasteiger charge is -2.28. The molecule has 4 nitrogen and oxygen atoms in total. The summed E-state index contributed by atoms with van der Waals surface area (Å²) in [7, 11) is 0. The molecule has 0 aromatic heterocycles. The fourth-order valence-corrected chi connectivity index (χ4v) is 2.63. The second kappa shape index (κ2) is 7.46. The molecule has 0 radical (unpaired) electrons. The summed E-state index contributed by atoms with van der Waals surface area (Å²) in [6.07, 6.45) is 1.83. The highest BCUT2D eigenvalue weighted by molar-refractivity contribution is 5.79. The van der Waals surface area contributed by atoms with Crippen LogP contribution in [0.3, 0.4) is 0 Å². The molecule has 1 heterocycles. The summed E-state index contributed by atoms with van der Waals surface area (Å²) in [5.41, 5.74) is 1.21. The number of carbonyl (C=O) groups excluding carboxylic acids is 1. The van der Waals surface area contributed by atoms with Gasteiger partial charge in [0, 0.05) is 12.0 Å². The van der Waals surface area contributed by atoms with Gasteiger partial charge in [0.2, 0.25) is 5.91 Å². The Morgan fingerprint density at radius 1 is 1.43 bits per heavy atom. The zero-order valence-corrected chi connectivity index (χ0v) is 13.2. The molecule has 3 atom stereocenters. The Kier molecular flexibility index (Phi) is 5.62. The first-order valence-corrected chi connectivity index (χ1v) is 7.78. The van der Waals surface area contributed by atoms with Gasteiger partial charge in [-0.15, -0.1) is 0 Å². The topological polar surface area (TPSA) is 50.4 Å². The van der Waals surface area contributed by atoms with Gasteiger partial charge in [-0.3, -0.25) is 4.79 Å². The predicted molar refractivity (Wildman–Crippen MR) is 84.5 cm³/mol. The highest BCUT2D eigenvalue weighted by Gasteiger charge is 2.25. The predicted octanol–water partition coefficient (Wildman–Crippen LogP) is 2.27. The highest BCUT2D eigenvalue weighted by atomic mass is 16.5. The minimum absolute atomic E-state index is 0.0176. The number of amides is 1. The Balaban J connectivity index is 1.74. The molecule has 1 aromatic carbocycles. The van der Waals surface area contributed by atoms with Gasteiger partial charge in [-0.05, 0) is 52.3 Å². The fourth-order valence-electron chi connectivity index (χ4n) is 2.63. The van der Waals surface area contributed by atoms with Gasteiger partial charge in [-0.2, -0.15) is 0 Å². The minimum atomic E-state index is 0.0176. The first-order chi connectivity index (χ1) is 10.0. The number of hydrogen-bond donors (Lipinski definition) is 2. The van der Waals surface area contributed by atoms with Crippen LogP contribution in [0.4, 0.5) is 0 Å². The average molecular weight is 290 g/mol. The van der Waals surface area contributed by atoms with Gasteiger partial charge in [0.25, 0.3) is 0 Å². The molecule has 2 N–H and O–H groups in total. The SMILES string of the molecule is Cc1ccc(OCC(C)NC(=O)C2CCNC(C)C2)cc1. The van der Waals surface area contributed by atoms with Crippen LogP contribution in [0, 0.1) is 12.8 Å². The molecular weight excluding hydrogens is 264 g/mol. The molecule has 0 aliphatic carbocycles. The summed E-state index contributed by atoms with van der Waals surface area (Å²) in [6.45, 7) is 7.58. The molecule has 1 aliphatic rings. The van der Waals surface area contributed by atoms with E-state index in [0.717, 1.165) is 25.1 Å². The van der Waals surface area contributed by atoms with Gasteiger partial charge in [-0.1, -0.05) is 17.7 Å².